The van der Waals surface area contributed by atoms with E-state index in [0.717, 1.165) is 21.8 Å². The Bertz CT molecular complexity index is 1180. The standard InChI is InChI=1S/C19H18FN5O2S2/c1-19(11-29(26,27)25(2)12-22-19)13-4-3-5-15(8-13)23-18-24-17(10-28-18)16-7-6-14(20)9-21-16/h3-10,12H,11H2,1-2H3,(H,23,24). The van der Waals surface area contributed by atoms with Crippen LogP contribution in [0.3, 0.4) is 0 Å². The second-order valence-corrected chi connectivity index (χ2v) is 9.78. The molecule has 2 aromatic heterocycles. The molecule has 0 aliphatic carbocycles. The Morgan fingerprint density at radius 3 is 2.79 bits per heavy atom. The highest BCUT2D eigenvalue weighted by Crippen LogP contribution is 2.33. The van der Waals surface area contributed by atoms with Crippen molar-refractivity contribution in [2.45, 2.75) is 12.5 Å². The molecule has 0 amide bonds. The molecule has 1 aromatic carbocycles. The average Bonchev–Trinajstić information content (AvgIpc) is 3.14. The maximum absolute atomic E-state index is 13.0. The number of anilines is 2. The van der Waals surface area contributed by atoms with E-state index in [1.807, 2.05) is 29.6 Å². The van der Waals surface area contributed by atoms with Gasteiger partial charge in [-0.2, -0.15) is 0 Å². The summed E-state index contributed by atoms with van der Waals surface area (Å²) >= 11 is 1.40. The van der Waals surface area contributed by atoms with Gasteiger partial charge in [0.1, 0.15) is 17.1 Å². The molecule has 7 nitrogen and oxygen atoms in total. The van der Waals surface area contributed by atoms with Gasteiger partial charge >= 0.3 is 0 Å². The fraction of sp³-hybridized carbons (Fsp3) is 0.211. The summed E-state index contributed by atoms with van der Waals surface area (Å²) in [7, 11) is -1.92. The third-order valence-electron chi connectivity index (χ3n) is 4.64. The van der Waals surface area contributed by atoms with Crippen LogP contribution in [-0.4, -0.2) is 41.8 Å². The van der Waals surface area contributed by atoms with Gasteiger partial charge in [0.05, 0.1) is 24.0 Å². The van der Waals surface area contributed by atoms with Gasteiger partial charge in [-0.1, -0.05) is 12.1 Å². The van der Waals surface area contributed by atoms with Crippen LogP contribution in [0.5, 0.6) is 0 Å². The SMILES string of the molecule is CN1C=NC(C)(c2cccc(Nc3nc(-c4ccc(F)cn4)cs3)c2)CS1(=O)=O. The minimum Gasteiger partial charge on any atom is -0.332 e. The maximum Gasteiger partial charge on any atom is 0.238 e. The summed E-state index contributed by atoms with van der Waals surface area (Å²) in [6.07, 6.45) is 2.50. The number of nitrogens with zero attached hydrogens (tertiary/aromatic N) is 4. The lowest BCUT2D eigenvalue weighted by Gasteiger charge is -2.32. The highest BCUT2D eigenvalue weighted by molar-refractivity contribution is 7.89. The first-order chi connectivity index (χ1) is 13.7. The first kappa shape index (κ1) is 19.5. The highest BCUT2D eigenvalue weighted by atomic mass is 32.2. The summed E-state index contributed by atoms with van der Waals surface area (Å²) in [5.74, 6) is -0.500. The molecule has 0 fully saturated rings. The molecule has 4 rings (SSSR count). The van der Waals surface area contributed by atoms with Gasteiger partial charge in [0.2, 0.25) is 10.0 Å². The number of nitrogens with one attached hydrogen (secondary N) is 1. The molecule has 0 spiro atoms. The molecule has 1 unspecified atom stereocenters. The smallest absolute Gasteiger partial charge is 0.238 e. The van der Waals surface area contributed by atoms with Crippen LogP contribution in [0.4, 0.5) is 15.2 Å². The molecule has 0 radical (unpaired) electrons. The second kappa shape index (κ2) is 7.20. The van der Waals surface area contributed by atoms with E-state index < -0.39 is 21.4 Å². The summed E-state index contributed by atoms with van der Waals surface area (Å²) in [4.78, 5) is 13.0. The van der Waals surface area contributed by atoms with Crippen molar-refractivity contribution >= 4 is 38.5 Å². The number of pyridine rings is 1. The van der Waals surface area contributed by atoms with E-state index >= 15 is 0 Å². The third kappa shape index (κ3) is 3.99. The van der Waals surface area contributed by atoms with Gasteiger partial charge in [-0.25, -0.2) is 17.8 Å². The number of aliphatic imine (C=N–C) groups is 1. The van der Waals surface area contributed by atoms with Crippen LogP contribution in [0.2, 0.25) is 0 Å². The van der Waals surface area contributed by atoms with Crippen molar-refractivity contribution in [1.29, 1.82) is 0 Å². The first-order valence-corrected chi connectivity index (χ1v) is 11.2. The summed E-state index contributed by atoms with van der Waals surface area (Å²) in [6.45, 7) is 1.80. The minimum atomic E-state index is -3.40. The summed E-state index contributed by atoms with van der Waals surface area (Å²) < 4.78 is 38.8. The van der Waals surface area contributed by atoms with Crippen LogP contribution in [0.15, 0.2) is 53.0 Å². The van der Waals surface area contributed by atoms with Gasteiger partial charge in [0, 0.05) is 18.1 Å². The van der Waals surface area contributed by atoms with Gasteiger partial charge in [0.15, 0.2) is 5.13 Å². The maximum atomic E-state index is 13.0. The van der Waals surface area contributed by atoms with Crippen molar-refractivity contribution in [2.24, 2.45) is 4.99 Å². The molecular formula is C19H18FN5O2S2. The van der Waals surface area contributed by atoms with Crippen molar-refractivity contribution in [3.05, 3.63) is 59.4 Å². The molecule has 10 heteroatoms. The number of aromatic nitrogens is 2. The Morgan fingerprint density at radius 2 is 2.07 bits per heavy atom. The molecule has 3 heterocycles. The van der Waals surface area contributed by atoms with E-state index in [2.05, 4.69) is 20.3 Å². The van der Waals surface area contributed by atoms with E-state index in [9.17, 15) is 12.8 Å². The summed E-state index contributed by atoms with van der Waals surface area (Å²) in [5.41, 5.74) is 1.92. The second-order valence-electron chi connectivity index (χ2n) is 6.90. The van der Waals surface area contributed by atoms with Crippen LogP contribution in [0.25, 0.3) is 11.4 Å². The van der Waals surface area contributed by atoms with Crippen LogP contribution >= 0.6 is 11.3 Å². The molecular weight excluding hydrogens is 413 g/mol. The number of rotatable bonds is 4. The van der Waals surface area contributed by atoms with Gasteiger partial charge in [-0.05, 0) is 36.8 Å². The molecule has 0 saturated carbocycles. The molecule has 0 bridgehead atoms. The van der Waals surface area contributed by atoms with Crippen LogP contribution < -0.4 is 5.32 Å². The van der Waals surface area contributed by atoms with Crippen molar-refractivity contribution in [1.82, 2.24) is 14.3 Å². The highest BCUT2D eigenvalue weighted by Gasteiger charge is 2.37. The van der Waals surface area contributed by atoms with Crippen LogP contribution in [0, 0.1) is 5.82 Å². The van der Waals surface area contributed by atoms with Gasteiger partial charge in [-0.15, -0.1) is 11.3 Å². The average molecular weight is 432 g/mol. The number of halogens is 1. The van der Waals surface area contributed by atoms with E-state index in [-0.39, 0.29) is 5.75 Å². The number of hydrogen-bond acceptors (Lipinski definition) is 7. The lowest BCUT2D eigenvalue weighted by molar-refractivity contribution is 0.485. The predicted octanol–water partition coefficient (Wildman–Crippen LogP) is 3.61. The van der Waals surface area contributed by atoms with Crippen molar-refractivity contribution in [3.8, 4) is 11.4 Å². The fourth-order valence-electron chi connectivity index (χ4n) is 2.96. The Balaban J connectivity index is 1.57. The molecule has 0 saturated heterocycles. The van der Waals surface area contributed by atoms with Crippen molar-refractivity contribution in [3.63, 3.8) is 0 Å². The zero-order chi connectivity index (χ0) is 20.6. The fourth-order valence-corrected chi connectivity index (χ4v) is 5.03. The molecule has 150 valence electrons. The molecule has 3 aromatic rings. The zero-order valence-electron chi connectivity index (χ0n) is 15.7. The van der Waals surface area contributed by atoms with Gasteiger partial charge in [-0.3, -0.25) is 14.3 Å². The Hall–Kier alpha value is -2.85. The van der Waals surface area contributed by atoms with E-state index in [1.54, 1.807) is 13.0 Å². The van der Waals surface area contributed by atoms with E-state index in [0.29, 0.717) is 16.5 Å². The topological polar surface area (TPSA) is 87.5 Å². The summed E-state index contributed by atoms with van der Waals surface area (Å²) in [6, 6.07) is 10.4. The van der Waals surface area contributed by atoms with Crippen LogP contribution in [-0.2, 0) is 15.6 Å². The monoisotopic (exact) mass is 431 g/mol. The largest absolute Gasteiger partial charge is 0.332 e. The predicted molar refractivity (Wildman–Crippen MR) is 112 cm³/mol. The van der Waals surface area contributed by atoms with Crippen molar-refractivity contribution < 1.29 is 12.8 Å². The van der Waals surface area contributed by atoms with Gasteiger partial charge < -0.3 is 5.32 Å². The summed E-state index contributed by atoms with van der Waals surface area (Å²) in [5, 5.41) is 5.71. The quantitative estimate of drug-likeness (QED) is 0.682. The van der Waals surface area contributed by atoms with E-state index in [4.69, 9.17) is 0 Å². The Kier molecular flexibility index (Phi) is 4.83. The van der Waals surface area contributed by atoms with Gasteiger partial charge in [0.25, 0.3) is 0 Å². The molecule has 1 aliphatic heterocycles. The zero-order valence-corrected chi connectivity index (χ0v) is 17.3. The first-order valence-electron chi connectivity index (χ1n) is 8.71. The molecule has 1 N–H and O–H groups in total. The lowest BCUT2D eigenvalue weighted by atomic mass is 9.94. The normalized spacial score (nSPS) is 20.6. The number of benzene rings is 1. The third-order valence-corrected chi connectivity index (χ3v) is 7.29. The number of thiazole rings is 1. The number of hydrogen-bond donors (Lipinski definition) is 1. The Morgan fingerprint density at radius 1 is 1.24 bits per heavy atom. The number of sulfonamides is 1. The van der Waals surface area contributed by atoms with Crippen LogP contribution in [0.1, 0.15) is 12.5 Å². The minimum absolute atomic E-state index is 0.103. The lowest BCUT2D eigenvalue weighted by Crippen LogP contribution is -2.42. The van der Waals surface area contributed by atoms with E-state index in [1.165, 1.54) is 30.8 Å². The van der Waals surface area contributed by atoms with Crippen molar-refractivity contribution in [2.75, 3.05) is 18.1 Å². The molecule has 1 aliphatic rings. The Labute approximate surface area is 172 Å². The molecule has 1 atom stereocenters. The molecule has 29 heavy (non-hydrogen) atoms.